The summed E-state index contributed by atoms with van der Waals surface area (Å²) in [5, 5.41) is 6.22. The van der Waals surface area contributed by atoms with Gasteiger partial charge in [-0.25, -0.2) is 14.6 Å². The van der Waals surface area contributed by atoms with Gasteiger partial charge in [-0.15, -0.1) is 0 Å². The topological polar surface area (TPSA) is 46.8 Å². The quantitative estimate of drug-likeness (QED) is 0.711. The molecule has 6 heteroatoms. The van der Waals surface area contributed by atoms with E-state index in [9.17, 15) is 0 Å². The summed E-state index contributed by atoms with van der Waals surface area (Å²) in [4.78, 5) is 11.5. The highest BCUT2D eigenvalue weighted by atomic mass is 35.5. The lowest BCUT2D eigenvalue weighted by atomic mass is 10.1. The van der Waals surface area contributed by atoms with Crippen LogP contribution in [-0.4, -0.2) is 44.3 Å². The van der Waals surface area contributed by atoms with E-state index < -0.39 is 0 Å². The van der Waals surface area contributed by atoms with Crippen molar-refractivity contribution in [1.82, 2.24) is 24.6 Å². The molecule has 1 aliphatic heterocycles. The maximum Gasteiger partial charge on any atom is 0.161 e. The van der Waals surface area contributed by atoms with E-state index in [1.165, 1.54) is 32.4 Å². The minimum atomic E-state index is 0.701. The molecule has 1 aliphatic rings. The first-order chi connectivity index (χ1) is 12.2. The summed E-state index contributed by atoms with van der Waals surface area (Å²) in [6.45, 7) is 6.31. The van der Waals surface area contributed by atoms with Crippen molar-refractivity contribution < 1.29 is 0 Å². The lowest BCUT2D eigenvalue weighted by Gasteiger charge is -2.26. The van der Waals surface area contributed by atoms with Crippen LogP contribution in [0.2, 0.25) is 5.02 Å². The van der Waals surface area contributed by atoms with Gasteiger partial charge in [0.2, 0.25) is 0 Å². The van der Waals surface area contributed by atoms with E-state index in [4.69, 9.17) is 11.6 Å². The van der Waals surface area contributed by atoms with Gasteiger partial charge in [-0.05, 0) is 45.0 Å². The summed E-state index contributed by atoms with van der Waals surface area (Å²) in [5.74, 6) is 0. The second-order valence-electron chi connectivity index (χ2n) is 6.71. The number of aryl methyl sites for hydroxylation is 1. The fourth-order valence-corrected chi connectivity index (χ4v) is 3.72. The van der Waals surface area contributed by atoms with Crippen molar-refractivity contribution in [2.24, 2.45) is 0 Å². The molecule has 0 N–H and O–H groups in total. The van der Waals surface area contributed by atoms with Crippen LogP contribution in [0.25, 0.3) is 22.3 Å². The Morgan fingerprint density at radius 2 is 1.92 bits per heavy atom. The highest BCUT2D eigenvalue weighted by Crippen LogP contribution is 2.31. The molecule has 4 rings (SSSR count). The van der Waals surface area contributed by atoms with E-state index >= 15 is 0 Å². The molecule has 0 radical (unpaired) electrons. The SMILES string of the molecule is Cc1ccc(Cl)c(-c2ncnc3c2cnn3CCN2CCCCC2)c1. The Labute approximate surface area is 152 Å². The molecule has 0 spiro atoms. The largest absolute Gasteiger partial charge is 0.301 e. The zero-order chi connectivity index (χ0) is 17.2. The van der Waals surface area contributed by atoms with Crippen LogP contribution in [0.4, 0.5) is 0 Å². The molecule has 3 heterocycles. The fraction of sp³-hybridized carbons (Fsp3) is 0.421. The molecule has 25 heavy (non-hydrogen) atoms. The van der Waals surface area contributed by atoms with Gasteiger partial charge in [0.15, 0.2) is 5.65 Å². The molecule has 2 aromatic heterocycles. The van der Waals surface area contributed by atoms with Gasteiger partial charge in [0, 0.05) is 12.1 Å². The van der Waals surface area contributed by atoms with Crippen molar-refractivity contribution in [3.8, 4) is 11.3 Å². The number of halogens is 1. The Bertz CT molecular complexity index is 883. The Balaban J connectivity index is 1.65. The van der Waals surface area contributed by atoms with Crippen molar-refractivity contribution in [2.45, 2.75) is 32.7 Å². The number of aromatic nitrogens is 4. The van der Waals surface area contributed by atoms with Gasteiger partial charge in [0.25, 0.3) is 0 Å². The molecule has 0 aliphatic carbocycles. The molecule has 1 aromatic carbocycles. The van der Waals surface area contributed by atoms with E-state index in [0.717, 1.165) is 40.9 Å². The number of nitrogens with zero attached hydrogens (tertiary/aromatic N) is 5. The molecule has 0 unspecified atom stereocenters. The Morgan fingerprint density at radius 1 is 1.08 bits per heavy atom. The third-order valence-corrected chi connectivity index (χ3v) is 5.22. The molecule has 0 atom stereocenters. The molecule has 130 valence electrons. The number of likely N-dealkylation sites (tertiary alicyclic amines) is 1. The van der Waals surface area contributed by atoms with Crippen LogP contribution >= 0.6 is 11.6 Å². The smallest absolute Gasteiger partial charge is 0.161 e. The third kappa shape index (κ3) is 3.39. The van der Waals surface area contributed by atoms with Crippen LogP contribution in [0, 0.1) is 6.92 Å². The summed E-state index contributed by atoms with van der Waals surface area (Å²) < 4.78 is 1.98. The molecule has 1 fully saturated rings. The minimum absolute atomic E-state index is 0.701. The maximum atomic E-state index is 6.41. The number of hydrogen-bond donors (Lipinski definition) is 0. The normalized spacial score (nSPS) is 15.8. The Morgan fingerprint density at radius 3 is 2.76 bits per heavy atom. The lowest BCUT2D eigenvalue weighted by Crippen LogP contribution is -2.32. The zero-order valence-electron chi connectivity index (χ0n) is 14.5. The van der Waals surface area contributed by atoms with Crippen LogP contribution in [0.5, 0.6) is 0 Å². The summed E-state index contributed by atoms with van der Waals surface area (Å²) in [7, 11) is 0. The highest BCUT2D eigenvalue weighted by molar-refractivity contribution is 6.33. The number of benzene rings is 1. The second kappa shape index (κ2) is 7.10. The van der Waals surface area contributed by atoms with Crippen molar-refractivity contribution >= 4 is 22.6 Å². The van der Waals surface area contributed by atoms with E-state index in [2.05, 4.69) is 33.0 Å². The summed E-state index contributed by atoms with van der Waals surface area (Å²) in [6.07, 6.45) is 7.43. The van der Waals surface area contributed by atoms with Crippen LogP contribution in [0.1, 0.15) is 24.8 Å². The first-order valence-corrected chi connectivity index (χ1v) is 9.25. The summed E-state index contributed by atoms with van der Waals surface area (Å²) in [6, 6.07) is 5.99. The first-order valence-electron chi connectivity index (χ1n) is 8.88. The Hall–Kier alpha value is -1.98. The maximum absolute atomic E-state index is 6.41. The summed E-state index contributed by atoms with van der Waals surface area (Å²) in [5.41, 5.74) is 3.82. The molecule has 0 saturated carbocycles. The van der Waals surface area contributed by atoms with Crippen molar-refractivity contribution in [3.63, 3.8) is 0 Å². The number of piperidine rings is 1. The van der Waals surface area contributed by atoms with Crippen molar-refractivity contribution in [2.75, 3.05) is 19.6 Å². The number of hydrogen-bond acceptors (Lipinski definition) is 4. The average Bonchev–Trinajstić information content (AvgIpc) is 3.06. The predicted molar refractivity (Wildman–Crippen MR) is 101 cm³/mol. The molecule has 1 saturated heterocycles. The highest BCUT2D eigenvalue weighted by Gasteiger charge is 2.15. The number of rotatable bonds is 4. The van der Waals surface area contributed by atoms with Gasteiger partial charge in [-0.1, -0.05) is 29.7 Å². The molecule has 0 amide bonds. The predicted octanol–water partition coefficient (Wildman–Crippen LogP) is 3.94. The average molecular weight is 356 g/mol. The molecular formula is C19H22ClN5. The van der Waals surface area contributed by atoms with Crippen LogP contribution in [0.3, 0.4) is 0 Å². The van der Waals surface area contributed by atoms with Gasteiger partial charge >= 0.3 is 0 Å². The van der Waals surface area contributed by atoms with Crippen molar-refractivity contribution in [3.05, 3.63) is 41.3 Å². The molecule has 3 aromatic rings. The summed E-state index contributed by atoms with van der Waals surface area (Å²) >= 11 is 6.41. The van der Waals surface area contributed by atoms with Crippen LogP contribution in [-0.2, 0) is 6.54 Å². The third-order valence-electron chi connectivity index (χ3n) is 4.89. The molecule has 0 bridgehead atoms. The zero-order valence-corrected chi connectivity index (χ0v) is 15.2. The van der Waals surface area contributed by atoms with Gasteiger partial charge < -0.3 is 4.90 Å². The van der Waals surface area contributed by atoms with Crippen LogP contribution < -0.4 is 0 Å². The minimum Gasteiger partial charge on any atom is -0.301 e. The fourth-order valence-electron chi connectivity index (χ4n) is 3.51. The van der Waals surface area contributed by atoms with Crippen molar-refractivity contribution in [1.29, 1.82) is 0 Å². The van der Waals surface area contributed by atoms with E-state index in [0.29, 0.717) is 5.02 Å². The van der Waals surface area contributed by atoms with Gasteiger partial charge in [-0.2, -0.15) is 5.10 Å². The van der Waals surface area contributed by atoms with Gasteiger partial charge in [0.1, 0.15) is 6.33 Å². The van der Waals surface area contributed by atoms with E-state index in [1.807, 2.05) is 23.0 Å². The van der Waals surface area contributed by atoms with E-state index in [-0.39, 0.29) is 0 Å². The molecule has 5 nitrogen and oxygen atoms in total. The monoisotopic (exact) mass is 355 g/mol. The Kier molecular flexibility index (Phi) is 4.68. The first kappa shape index (κ1) is 16.5. The standard InChI is InChI=1S/C19H22ClN5/c1-14-5-6-17(20)15(11-14)18-16-12-23-25(19(16)22-13-21-18)10-9-24-7-3-2-4-8-24/h5-6,11-13H,2-4,7-10H2,1H3. The van der Waals surface area contributed by atoms with Gasteiger partial charge in [-0.3, -0.25) is 0 Å². The molecular weight excluding hydrogens is 334 g/mol. The number of fused-ring (bicyclic) bond motifs is 1. The van der Waals surface area contributed by atoms with Crippen LogP contribution in [0.15, 0.2) is 30.7 Å². The second-order valence-corrected chi connectivity index (χ2v) is 7.12. The van der Waals surface area contributed by atoms with E-state index in [1.54, 1.807) is 6.33 Å². The van der Waals surface area contributed by atoms with Gasteiger partial charge in [0.05, 0.1) is 28.8 Å². The lowest BCUT2D eigenvalue weighted by molar-refractivity contribution is 0.219.